The summed E-state index contributed by atoms with van der Waals surface area (Å²) in [6.45, 7) is 2.16. The fourth-order valence-corrected chi connectivity index (χ4v) is 3.97. The standard InChI is InChI=1S/C17H24O/c1-12-10-17(18)16(14-8-4-5-9-14)11-15(12)13-6-2-3-7-13/h10-11,13-14,18H,2-9H2,1H3. The summed E-state index contributed by atoms with van der Waals surface area (Å²) in [6.07, 6.45) is 10.6. The molecule has 2 aliphatic carbocycles. The van der Waals surface area contributed by atoms with E-state index in [0.29, 0.717) is 11.7 Å². The molecule has 0 spiro atoms. The lowest BCUT2D eigenvalue weighted by Gasteiger charge is -2.19. The van der Waals surface area contributed by atoms with E-state index in [1.165, 1.54) is 68.1 Å². The lowest BCUT2D eigenvalue weighted by atomic mass is 9.87. The zero-order valence-electron chi connectivity index (χ0n) is 11.4. The SMILES string of the molecule is Cc1cc(O)c(C2CCCC2)cc1C1CCCC1. The van der Waals surface area contributed by atoms with Crippen LogP contribution in [0, 0.1) is 6.92 Å². The van der Waals surface area contributed by atoms with Crippen LogP contribution in [0.15, 0.2) is 12.1 Å². The van der Waals surface area contributed by atoms with Gasteiger partial charge in [-0.2, -0.15) is 0 Å². The summed E-state index contributed by atoms with van der Waals surface area (Å²) in [7, 11) is 0. The lowest BCUT2D eigenvalue weighted by molar-refractivity contribution is 0.459. The Bertz CT molecular complexity index is 386. The van der Waals surface area contributed by atoms with Crippen LogP contribution in [0.2, 0.25) is 0 Å². The van der Waals surface area contributed by atoms with Gasteiger partial charge in [0.1, 0.15) is 5.75 Å². The molecule has 0 atom stereocenters. The monoisotopic (exact) mass is 244 g/mol. The van der Waals surface area contributed by atoms with Crippen molar-refractivity contribution in [1.82, 2.24) is 0 Å². The van der Waals surface area contributed by atoms with Crippen molar-refractivity contribution < 1.29 is 5.11 Å². The molecule has 0 unspecified atom stereocenters. The molecule has 1 aromatic rings. The van der Waals surface area contributed by atoms with E-state index < -0.39 is 0 Å². The summed E-state index contributed by atoms with van der Waals surface area (Å²) in [4.78, 5) is 0. The van der Waals surface area contributed by atoms with Crippen molar-refractivity contribution in [3.63, 3.8) is 0 Å². The van der Waals surface area contributed by atoms with Gasteiger partial charge in [0, 0.05) is 0 Å². The second-order valence-corrected chi connectivity index (χ2v) is 6.23. The number of rotatable bonds is 2. The Kier molecular flexibility index (Phi) is 3.32. The number of aryl methyl sites for hydroxylation is 1. The average Bonchev–Trinajstić information content (AvgIpc) is 3.01. The predicted octanol–water partition coefficient (Wildman–Crippen LogP) is 5.02. The molecule has 1 heteroatoms. The van der Waals surface area contributed by atoms with Crippen LogP contribution in [0.1, 0.15) is 79.9 Å². The minimum Gasteiger partial charge on any atom is -0.508 e. The highest BCUT2D eigenvalue weighted by Crippen LogP contribution is 2.43. The molecule has 0 heterocycles. The molecule has 2 aliphatic rings. The Hall–Kier alpha value is -0.980. The molecular weight excluding hydrogens is 220 g/mol. The van der Waals surface area contributed by atoms with Crippen LogP contribution in [0.4, 0.5) is 0 Å². The van der Waals surface area contributed by atoms with Gasteiger partial charge in [-0.15, -0.1) is 0 Å². The summed E-state index contributed by atoms with van der Waals surface area (Å²) >= 11 is 0. The van der Waals surface area contributed by atoms with Crippen molar-refractivity contribution in [2.24, 2.45) is 0 Å². The molecular formula is C17H24O. The Balaban J connectivity index is 1.95. The maximum atomic E-state index is 10.2. The van der Waals surface area contributed by atoms with Crippen LogP contribution in [-0.2, 0) is 0 Å². The third kappa shape index (κ3) is 2.15. The number of phenolic OH excluding ortho intramolecular Hbond substituents is 1. The molecule has 1 aromatic carbocycles. The van der Waals surface area contributed by atoms with Gasteiger partial charge in [0.2, 0.25) is 0 Å². The second kappa shape index (κ2) is 4.95. The van der Waals surface area contributed by atoms with E-state index in [0.717, 1.165) is 5.92 Å². The summed E-state index contributed by atoms with van der Waals surface area (Å²) < 4.78 is 0. The molecule has 3 rings (SSSR count). The fourth-order valence-electron chi connectivity index (χ4n) is 3.97. The topological polar surface area (TPSA) is 20.2 Å². The molecule has 2 fully saturated rings. The molecule has 1 nitrogen and oxygen atoms in total. The van der Waals surface area contributed by atoms with Crippen LogP contribution in [0.3, 0.4) is 0 Å². The summed E-state index contributed by atoms with van der Waals surface area (Å²) in [6, 6.07) is 4.36. The van der Waals surface area contributed by atoms with Gasteiger partial charge in [0.15, 0.2) is 0 Å². The molecule has 0 radical (unpaired) electrons. The second-order valence-electron chi connectivity index (χ2n) is 6.23. The maximum absolute atomic E-state index is 10.2. The zero-order valence-corrected chi connectivity index (χ0v) is 11.4. The van der Waals surface area contributed by atoms with Crippen molar-refractivity contribution in [1.29, 1.82) is 0 Å². The van der Waals surface area contributed by atoms with Crippen LogP contribution in [0.5, 0.6) is 5.75 Å². The van der Waals surface area contributed by atoms with E-state index in [1.54, 1.807) is 0 Å². The van der Waals surface area contributed by atoms with E-state index in [9.17, 15) is 5.11 Å². The van der Waals surface area contributed by atoms with Crippen molar-refractivity contribution in [3.8, 4) is 5.75 Å². The van der Waals surface area contributed by atoms with Crippen molar-refractivity contribution in [2.45, 2.75) is 70.1 Å². The minimum atomic E-state index is 0.543. The van der Waals surface area contributed by atoms with Crippen LogP contribution in [-0.4, -0.2) is 5.11 Å². The molecule has 0 aliphatic heterocycles. The van der Waals surface area contributed by atoms with Crippen molar-refractivity contribution in [3.05, 3.63) is 28.8 Å². The van der Waals surface area contributed by atoms with Gasteiger partial charge in [0.25, 0.3) is 0 Å². The predicted molar refractivity (Wildman–Crippen MR) is 75.3 cm³/mol. The van der Waals surface area contributed by atoms with E-state index >= 15 is 0 Å². The van der Waals surface area contributed by atoms with Gasteiger partial charge < -0.3 is 5.11 Å². The largest absolute Gasteiger partial charge is 0.508 e. The summed E-state index contributed by atoms with van der Waals surface area (Å²) in [5.41, 5.74) is 4.05. The molecule has 18 heavy (non-hydrogen) atoms. The first-order chi connectivity index (χ1) is 8.75. The molecule has 0 bridgehead atoms. The third-order valence-corrected chi connectivity index (χ3v) is 5.01. The van der Waals surface area contributed by atoms with Gasteiger partial charge in [0.05, 0.1) is 0 Å². The van der Waals surface area contributed by atoms with Gasteiger partial charge in [-0.1, -0.05) is 31.7 Å². The number of aromatic hydroxyl groups is 1. The molecule has 0 aromatic heterocycles. The summed E-state index contributed by atoms with van der Waals surface area (Å²) in [5, 5.41) is 10.2. The van der Waals surface area contributed by atoms with E-state index in [1.807, 2.05) is 6.07 Å². The first-order valence-electron chi connectivity index (χ1n) is 7.59. The number of hydrogen-bond donors (Lipinski definition) is 1. The number of phenols is 1. The van der Waals surface area contributed by atoms with Crippen molar-refractivity contribution in [2.75, 3.05) is 0 Å². The molecule has 0 saturated heterocycles. The van der Waals surface area contributed by atoms with Crippen LogP contribution < -0.4 is 0 Å². The molecule has 98 valence electrons. The Morgan fingerprint density at radius 3 is 1.89 bits per heavy atom. The quantitative estimate of drug-likeness (QED) is 0.774. The molecule has 1 N–H and O–H groups in total. The van der Waals surface area contributed by atoms with Crippen molar-refractivity contribution >= 4 is 0 Å². The zero-order chi connectivity index (χ0) is 12.5. The Labute approximate surface area is 110 Å². The Morgan fingerprint density at radius 1 is 0.833 bits per heavy atom. The van der Waals surface area contributed by atoms with Crippen LogP contribution >= 0.6 is 0 Å². The highest BCUT2D eigenvalue weighted by atomic mass is 16.3. The maximum Gasteiger partial charge on any atom is 0.119 e. The highest BCUT2D eigenvalue weighted by Gasteiger charge is 2.24. The van der Waals surface area contributed by atoms with Gasteiger partial charge in [-0.25, -0.2) is 0 Å². The normalized spacial score (nSPS) is 21.8. The Morgan fingerprint density at radius 2 is 1.33 bits per heavy atom. The van der Waals surface area contributed by atoms with Gasteiger partial charge in [-0.05, 0) is 67.2 Å². The van der Waals surface area contributed by atoms with E-state index in [-0.39, 0.29) is 0 Å². The minimum absolute atomic E-state index is 0.543. The first kappa shape index (κ1) is 12.1. The highest BCUT2D eigenvalue weighted by molar-refractivity contribution is 5.45. The van der Waals surface area contributed by atoms with Gasteiger partial charge >= 0.3 is 0 Å². The van der Waals surface area contributed by atoms with Crippen LogP contribution in [0.25, 0.3) is 0 Å². The average molecular weight is 244 g/mol. The number of benzene rings is 1. The first-order valence-corrected chi connectivity index (χ1v) is 7.59. The molecule has 0 amide bonds. The van der Waals surface area contributed by atoms with Gasteiger partial charge in [-0.3, -0.25) is 0 Å². The smallest absolute Gasteiger partial charge is 0.119 e. The fraction of sp³-hybridized carbons (Fsp3) is 0.647. The van der Waals surface area contributed by atoms with E-state index in [2.05, 4.69) is 13.0 Å². The summed E-state index contributed by atoms with van der Waals surface area (Å²) in [5.74, 6) is 1.91. The van der Waals surface area contributed by atoms with E-state index in [4.69, 9.17) is 0 Å². The number of hydrogen-bond acceptors (Lipinski definition) is 1. The molecule has 2 saturated carbocycles. The lowest BCUT2D eigenvalue weighted by Crippen LogP contribution is -2.01. The third-order valence-electron chi connectivity index (χ3n) is 5.01.